The van der Waals surface area contributed by atoms with E-state index in [0.29, 0.717) is 16.8 Å². The van der Waals surface area contributed by atoms with Crippen LogP contribution < -0.4 is 5.43 Å². The minimum atomic E-state index is -1.59. The van der Waals surface area contributed by atoms with Gasteiger partial charge in [-0.05, 0) is 55.0 Å². The smallest absolute Gasteiger partial charge is 0.260 e. The summed E-state index contributed by atoms with van der Waals surface area (Å²) in [4.78, 5) is 59.2. The predicted octanol–water partition coefficient (Wildman–Crippen LogP) is 6.02. The van der Waals surface area contributed by atoms with Crippen LogP contribution in [0.4, 0.5) is 10.1 Å². The second-order valence-corrected chi connectivity index (χ2v) is 13.5. The Bertz CT molecular complexity index is 2030. The molecule has 2 saturated heterocycles. The molecule has 4 aliphatic rings. The fourth-order valence-corrected chi connectivity index (χ4v) is 8.84. The molecule has 0 aromatic heterocycles. The first-order valence-electron chi connectivity index (χ1n) is 16.6. The van der Waals surface area contributed by atoms with Crippen molar-refractivity contribution in [2.75, 3.05) is 5.43 Å². The Balaban J connectivity index is 1.30. The summed E-state index contributed by atoms with van der Waals surface area (Å²) in [5.74, 6) is -7.13. The van der Waals surface area contributed by atoms with Gasteiger partial charge in [0.05, 0.1) is 35.4 Å². The lowest BCUT2D eigenvalue weighted by Crippen LogP contribution is -2.53. The van der Waals surface area contributed by atoms with Gasteiger partial charge in [-0.1, -0.05) is 102 Å². The number of nitrogens with zero attached hydrogens (tertiary/aromatic N) is 2. The van der Waals surface area contributed by atoms with E-state index in [1.54, 1.807) is 42.5 Å². The van der Waals surface area contributed by atoms with Crippen molar-refractivity contribution in [2.45, 2.75) is 37.6 Å². The Morgan fingerprint density at radius 2 is 1.51 bits per heavy atom. The van der Waals surface area contributed by atoms with Crippen LogP contribution in [-0.2, 0) is 31.1 Å². The van der Waals surface area contributed by atoms with Crippen molar-refractivity contribution in [2.24, 2.45) is 23.7 Å². The highest BCUT2D eigenvalue weighted by atomic mass is 19.1. The molecule has 4 amide bonds. The number of phenolic OH excluding ortho intramolecular Hbond substituents is 1. The van der Waals surface area contributed by atoms with Gasteiger partial charge in [0, 0.05) is 11.5 Å². The minimum absolute atomic E-state index is 0.114. The van der Waals surface area contributed by atoms with E-state index in [1.165, 1.54) is 11.0 Å². The van der Waals surface area contributed by atoms with Gasteiger partial charge >= 0.3 is 0 Å². The number of anilines is 1. The number of rotatable bonds is 6. The first-order valence-corrected chi connectivity index (χ1v) is 16.6. The number of hydrazine groups is 1. The summed E-state index contributed by atoms with van der Waals surface area (Å²) in [6, 6.07) is 29.7. The zero-order chi connectivity index (χ0) is 34.0. The molecule has 2 aliphatic heterocycles. The molecule has 4 aromatic rings. The number of para-hydroxylation sites is 1. The summed E-state index contributed by atoms with van der Waals surface area (Å²) < 4.78 is 15.2. The first-order chi connectivity index (χ1) is 23.7. The van der Waals surface area contributed by atoms with E-state index < -0.39 is 58.4 Å². The highest BCUT2D eigenvalue weighted by Crippen LogP contribution is 2.65. The molecule has 2 N–H and O–H groups in total. The van der Waals surface area contributed by atoms with Crippen LogP contribution in [0.1, 0.15) is 41.0 Å². The number of hydrogen-bond acceptors (Lipinski definition) is 6. The maximum atomic E-state index is 15.2. The molecule has 0 bridgehead atoms. The normalized spacial score (nSPS) is 27.5. The molecule has 6 unspecified atom stereocenters. The van der Waals surface area contributed by atoms with Crippen molar-refractivity contribution < 1.29 is 28.7 Å². The molecular formula is C40H34FN3O5. The number of carbonyl (C=O) groups excluding carboxylic acids is 4. The lowest BCUT2D eigenvalue weighted by molar-refractivity contribution is -0.142. The highest BCUT2D eigenvalue weighted by molar-refractivity contribution is 6.13. The Morgan fingerprint density at radius 1 is 0.816 bits per heavy atom. The van der Waals surface area contributed by atoms with E-state index >= 15 is 9.18 Å². The number of aromatic hydroxyl groups is 1. The molecule has 8 rings (SSSR count). The fourth-order valence-electron chi connectivity index (χ4n) is 8.84. The number of nitrogens with one attached hydrogen (secondary N) is 1. The zero-order valence-corrected chi connectivity index (χ0v) is 26.8. The van der Waals surface area contributed by atoms with Gasteiger partial charge in [-0.2, -0.15) is 5.01 Å². The van der Waals surface area contributed by atoms with Crippen molar-refractivity contribution in [3.05, 3.63) is 143 Å². The topological polar surface area (TPSA) is 107 Å². The molecular weight excluding hydrogens is 621 g/mol. The van der Waals surface area contributed by atoms with Crippen LogP contribution in [0.25, 0.3) is 0 Å². The van der Waals surface area contributed by atoms with E-state index in [1.807, 2.05) is 61.5 Å². The number of imide groups is 2. The second kappa shape index (κ2) is 11.5. The monoisotopic (exact) mass is 655 g/mol. The largest absolute Gasteiger partial charge is 0.505 e. The summed E-state index contributed by atoms with van der Waals surface area (Å²) in [7, 11) is 0. The van der Waals surface area contributed by atoms with Gasteiger partial charge in [0.1, 0.15) is 0 Å². The van der Waals surface area contributed by atoms with E-state index in [-0.39, 0.29) is 36.8 Å². The van der Waals surface area contributed by atoms with E-state index in [2.05, 4.69) is 5.43 Å². The third-order valence-corrected chi connectivity index (χ3v) is 11.0. The predicted molar refractivity (Wildman–Crippen MR) is 179 cm³/mol. The molecule has 6 atom stereocenters. The van der Waals surface area contributed by atoms with E-state index in [4.69, 9.17) is 0 Å². The summed E-state index contributed by atoms with van der Waals surface area (Å²) in [6.07, 6.45) is 2.25. The molecule has 4 aromatic carbocycles. The van der Waals surface area contributed by atoms with E-state index in [0.717, 1.165) is 22.2 Å². The minimum Gasteiger partial charge on any atom is -0.505 e. The van der Waals surface area contributed by atoms with Crippen molar-refractivity contribution in [1.29, 1.82) is 0 Å². The van der Waals surface area contributed by atoms with Gasteiger partial charge in [0.15, 0.2) is 11.6 Å². The SMILES string of the molecule is Cc1ccc(NN2C(=O)C3CC4C(=CCC5C(=O)N(Cc6ccccc6)C(=O)C54)C(c4cccc(F)c4O)C3(c3ccccc3)C2=O)cc1. The van der Waals surface area contributed by atoms with Crippen LogP contribution in [0.2, 0.25) is 0 Å². The quantitative estimate of drug-likeness (QED) is 0.194. The molecule has 2 heterocycles. The lowest BCUT2D eigenvalue weighted by Gasteiger charge is -2.50. The molecule has 0 spiro atoms. The average Bonchev–Trinajstić information content (AvgIpc) is 3.48. The van der Waals surface area contributed by atoms with Gasteiger partial charge in [-0.15, -0.1) is 0 Å². The van der Waals surface area contributed by atoms with Gasteiger partial charge < -0.3 is 5.11 Å². The van der Waals surface area contributed by atoms with E-state index in [9.17, 15) is 19.5 Å². The van der Waals surface area contributed by atoms with Crippen molar-refractivity contribution in [1.82, 2.24) is 9.91 Å². The third kappa shape index (κ3) is 4.55. The third-order valence-electron chi connectivity index (χ3n) is 11.0. The molecule has 2 aliphatic carbocycles. The maximum absolute atomic E-state index is 15.2. The molecule has 3 fully saturated rings. The number of fused-ring (bicyclic) bond motifs is 4. The number of allylic oxidation sites excluding steroid dienone is 2. The number of benzene rings is 4. The molecule has 0 radical (unpaired) electrons. The number of carbonyl (C=O) groups is 4. The van der Waals surface area contributed by atoms with Gasteiger partial charge in [-0.25, -0.2) is 4.39 Å². The Kier molecular flexibility index (Phi) is 7.24. The number of phenols is 1. The van der Waals surface area contributed by atoms with Crippen LogP contribution >= 0.6 is 0 Å². The highest BCUT2D eigenvalue weighted by Gasteiger charge is 2.70. The van der Waals surface area contributed by atoms with Crippen molar-refractivity contribution >= 4 is 29.3 Å². The summed E-state index contributed by atoms with van der Waals surface area (Å²) in [6.45, 7) is 2.06. The number of halogens is 1. The van der Waals surface area contributed by atoms with Gasteiger partial charge in [0.2, 0.25) is 11.8 Å². The van der Waals surface area contributed by atoms with Crippen molar-refractivity contribution in [3.63, 3.8) is 0 Å². The Labute approximate surface area is 282 Å². The zero-order valence-electron chi connectivity index (χ0n) is 26.8. The number of likely N-dealkylation sites (tertiary alicyclic amines) is 1. The molecule has 1 saturated carbocycles. The summed E-state index contributed by atoms with van der Waals surface area (Å²) >= 11 is 0. The second-order valence-electron chi connectivity index (χ2n) is 13.5. The van der Waals surface area contributed by atoms with Crippen LogP contribution in [0, 0.1) is 36.4 Å². The van der Waals surface area contributed by atoms with Crippen molar-refractivity contribution in [3.8, 4) is 5.75 Å². The molecule has 9 heteroatoms. The average molecular weight is 656 g/mol. The molecule has 246 valence electrons. The number of hydrogen-bond donors (Lipinski definition) is 2. The molecule has 8 nitrogen and oxygen atoms in total. The van der Waals surface area contributed by atoms with Gasteiger partial charge in [0.25, 0.3) is 11.8 Å². The Hall–Kier alpha value is -5.57. The Morgan fingerprint density at radius 3 is 2.22 bits per heavy atom. The standard InChI is InChI=1S/C40H34FN3O5/c1-23-15-17-26(18-16-23)42-44-37(47)31-21-30-27(19-20-28-33(30)38(48)43(36(28)46)22-24-9-4-2-5-10-24)34(29-13-8-14-32(41)35(29)45)40(31,39(44)49)25-11-6-3-7-12-25/h2-19,28,30-31,33-34,42,45H,20-22H2,1H3. The van der Waals surface area contributed by atoms with Crippen LogP contribution in [0.15, 0.2) is 115 Å². The number of amides is 4. The van der Waals surface area contributed by atoms with Crippen LogP contribution in [-0.4, -0.2) is 38.6 Å². The van der Waals surface area contributed by atoms with Crippen LogP contribution in [0.3, 0.4) is 0 Å². The van der Waals surface area contributed by atoms with Crippen LogP contribution in [0.5, 0.6) is 5.75 Å². The molecule has 49 heavy (non-hydrogen) atoms. The van der Waals surface area contributed by atoms with Gasteiger partial charge in [-0.3, -0.25) is 29.5 Å². The summed E-state index contributed by atoms with van der Waals surface area (Å²) in [5.41, 5.74) is 5.16. The first kappa shape index (κ1) is 30.7. The maximum Gasteiger partial charge on any atom is 0.260 e. The summed E-state index contributed by atoms with van der Waals surface area (Å²) in [5, 5.41) is 12.4. The number of aryl methyl sites for hydroxylation is 1. The lowest BCUT2D eigenvalue weighted by atomic mass is 9.49. The fraction of sp³-hybridized carbons (Fsp3) is 0.250.